The van der Waals surface area contributed by atoms with Crippen LogP contribution < -0.4 is 10.5 Å². The Bertz CT molecular complexity index is 1380. The fraction of sp³-hybridized carbons (Fsp3) is 0.192. The predicted octanol–water partition coefficient (Wildman–Crippen LogP) is 6.01. The molecule has 0 unspecified atom stereocenters. The van der Waals surface area contributed by atoms with Gasteiger partial charge in [-0.05, 0) is 29.8 Å². The maximum atomic E-state index is 15.1. The maximum absolute atomic E-state index is 15.1. The Labute approximate surface area is 198 Å². The second-order valence-corrected chi connectivity index (χ2v) is 7.80. The van der Waals surface area contributed by atoms with Gasteiger partial charge in [-0.25, -0.2) is 4.39 Å². The van der Waals surface area contributed by atoms with E-state index in [1.54, 1.807) is 30.3 Å². The lowest BCUT2D eigenvalue weighted by atomic mass is 9.98. The largest absolute Gasteiger partial charge is 0.489 e. The number of carbonyl (C=O) groups excluding carboxylic acids is 1. The molecule has 4 rings (SSSR count). The Kier molecular flexibility index (Phi) is 6.79. The van der Waals surface area contributed by atoms with Crippen LogP contribution in [-0.2, 0) is 35.3 Å². The standard InChI is InChI=1S/C26H21F4NO4/c1-33-23(32)12-16-5-2-3-8-21(16)34-14-15-9-18-11-22(26(28,29)30)35-25(18)20(10-15)19-7-4-6-17(13-31)24(19)27/h2-11H,12-14,31H2,1H3. The van der Waals surface area contributed by atoms with Gasteiger partial charge in [0.15, 0.2) is 0 Å². The van der Waals surface area contributed by atoms with Crippen molar-refractivity contribution in [2.75, 3.05) is 7.11 Å². The van der Waals surface area contributed by atoms with Crippen LogP contribution >= 0.6 is 0 Å². The first kappa shape index (κ1) is 24.3. The fourth-order valence-corrected chi connectivity index (χ4v) is 3.76. The summed E-state index contributed by atoms with van der Waals surface area (Å²) in [5, 5.41) is 0.147. The summed E-state index contributed by atoms with van der Waals surface area (Å²) in [6.45, 7) is -0.125. The Morgan fingerprint density at radius 3 is 2.46 bits per heavy atom. The van der Waals surface area contributed by atoms with E-state index in [1.165, 1.54) is 31.4 Å². The van der Waals surface area contributed by atoms with Crippen LogP contribution in [-0.4, -0.2) is 13.1 Å². The van der Waals surface area contributed by atoms with E-state index in [9.17, 15) is 18.0 Å². The third kappa shape index (κ3) is 5.14. The van der Waals surface area contributed by atoms with Crippen molar-refractivity contribution in [2.24, 2.45) is 5.73 Å². The van der Waals surface area contributed by atoms with E-state index < -0.39 is 23.7 Å². The summed E-state index contributed by atoms with van der Waals surface area (Å²) in [6.07, 6.45) is -4.72. The molecule has 9 heteroatoms. The minimum Gasteiger partial charge on any atom is -0.489 e. The van der Waals surface area contributed by atoms with Crippen LogP contribution in [0.25, 0.3) is 22.1 Å². The van der Waals surface area contributed by atoms with Crippen LogP contribution in [0.5, 0.6) is 5.75 Å². The number of furan rings is 1. The molecule has 1 aromatic heterocycles. The molecule has 0 aliphatic rings. The second kappa shape index (κ2) is 9.79. The Morgan fingerprint density at radius 1 is 1.00 bits per heavy atom. The Balaban J connectivity index is 1.77. The van der Waals surface area contributed by atoms with E-state index in [4.69, 9.17) is 19.6 Å². The molecule has 0 fully saturated rings. The summed E-state index contributed by atoms with van der Waals surface area (Å²) in [6, 6.07) is 15.3. The topological polar surface area (TPSA) is 74.7 Å². The highest BCUT2D eigenvalue weighted by Gasteiger charge is 2.35. The molecule has 3 aromatic carbocycles. The highest BCUT2D eigenvalue weighted by Crippen LogP contribution is 2.39. The van der Waals surface area contributed by atoms with Gasteiger partial charge in [-0.1, -0.05) is 36.4 Å². The van der Waals surface area contributed by atoms with Crippen molar-refractivity contribution in [2.45, 2.75) is 25.7 Å². The SMILES string of the molecule is COC(=O)Cc1ccccc1OCc1cc(-c2cccc(CN)c2F)c2oc(C(F)(F)F)cc2c1. The van der Waals surface area contributed by atoms with Gasteiger partial charge in [-0.15, -0.1) is 0 Å². The van der Waals surface area contributed by atoms with Crippen molar-refractivity contribution in [3.8, 4) is 16.9 Å². The van der Waals surface area contributed by atoms with E-state index in [0.29, 0.717) is 16.9 Å². The van der Waals surface area contributed by atoms with Crippen LogP contribution in [0.3, 0.4) is 0 Å². The van der Waals surface area contributed by atoms with E-state index >= 15 is 4.39 Å². The second-order valence-electron chi connectivity index (χ2n) is 7.80. The summed E-state index contributed by atoms with van der Waals surface area (Å²) >= 11 is 0. The van der Waals surface area contributed by atoms with Crippen LogP contribution in [0.4, 0.5) is 17.6 Å². The van der Waals surface area contributed by atoms with Gasteiger partial charge < -0.3 is 19.6 Å². The molecule has 0 saturated carbocycles. The number of rotatable bonds is 7. The number of methoxy groups -OCH3 is 1. The van der Waals surface area contributed by atoms with Crippen LogP contribution in [0.15, 0.2) is 65.1 Å². The molecule has 0 atom stereocenters. The van der Waals surface area contributed by atoms with E-state index in [-0.39, 0.29) is 47.2 Å². The summed E-state index contributed by atoms with van der Waals surface area (Å²) < 4.78 is 70.9. The summed E-state index contributed by atoms with van der Waals surface area (Å²) in [4.78, 5) is 11.7. The number of para-hydroxylation sites is 1. The first-order valence-electron chi connectivity index (χ1n) is 10.6. The van der Waals surface area contributed by atoms with Crippen molar-refractivity contribution in [3.63, 3.8) is 0 Å². The van der Waals surface area contributed by atoms with Gasteiger partial charge in [-0.3, -0.25) is 4.79 Å². The lowest BCUT2D eigenvalue weighted by Gasteiger charge is -2.13. The molecular formula is C26H21F4NO4. The van der Waals surface area contributed by atoms with Gasteiger partial charge in [0.05, 0.1) is 13.5 Å². The van der Waals surface area contributed by atoms with Crippen LogP contribution in [0.2, 0.25) is 0 Å². The van der Waals surface area contributed by atoms with E-state index in [1.807, 2.05) is 0 Å². The normalized spacial score (nSPS) is 11.6. The van der Waals surface area contributed by atoms with Crippen molar-refractivity contribution in [3.05, 3.63) is 88.9 Å². The lowest BCUT2D eigenvalue weighted by Crippen LogP contribution is -2.07. The van der Waals surface area contributed by atoms with Crippen molar-refractivity contribution < 1.29 is 36.2 Å². The number of fused-ring (bicyclic) bond motifs is 1. The maximum Gasteiger partial charge on any atom is 0.449 e. The molecule has 35 heavy (non-hydrogen) atoms. The quantitative estimate of drug-likeness (QED) is 0.255. The van der Waals surface area contributed by atoms with Gasteiger partial charge in [0.1, 0.15) is 23.8 Å². The summed E-state index contributed by atoms with van der Waals surface area (Å²) in [5.41, 5.74) is 7.01. The highest BCUT2D eigenvalue weighted by atomic mass is 19.4. The number of benzene rings is 3. The minimum atomic E-state index is -4.71. The van der Waals surface area contributed by atoms with Gasteiger partial charge in [0.2, 0.25) is 5.76 Å². The molecule has 0 aliphatic carbocycles. The zero-order valence-corrected chi connectivity index (χ0v) is 18.6. The van der Waals surface area contributed by atoms with Gasteiger partial charge in [0.25, 0.3) is 0 Å². The lowest BCUT2D eigenvalue weighted by molar-refractivity contribution is -0.152. The van der Waals surface area contributed by atoms with Gasteiger partial charge in [-0.2, -0.15) is 13.2 Å². The third-order valence-electron chi connectivity index (χ3n) is 5.47. The minimum absolute atomic E-state index is 0.00920. The molecule has 182 valence electrons. The summed E-state index contributed by atoms with van der Waals surface area (Å²) in [7, 11) is 1.28. The molecule has 1 heterocycles. The molecule has 0 radical (unpaired) electrons. The molecule has 0 bridgehead atoms. The fourth-order valence-electron chi connectivity index (χ4n) is 3.76. The first-order chi connectivity index (χ1) is 16.7. The first-order valence-corrected chi connectivity index (χ1v) is 10.6. The number of ether oxygens (including phenoxy) is 2. The molecule has 0 amide bonds. The molecule has 0 aliphatic heterocycles. The van der Waals surface area contributed by atoms with E-state index in [0.717, 1.165) is 6.07 Å². The zero-order chi connectivity index (χ0) is 25.2. The monoisotopic (exact) mass is 487 g/mol. The number of carbonyl (C=O) groups is 1. The highest BCUT2D eigenvalue weighted by molar-refractivity contribution is 5.94. The van der Waals surface area contributed by atoms with Crippen molar-refractivity contribution in [1.29, 1.82) is 0 Å². The number of hydrogen-bond donors (Lipinski definition) is 1. The van der Waals surface area contributed by atoms with Gasteiger partial charge in [0, 0.05) is 34.2 Å². The van der Waals surface area contributed by atoms with Crippen molar-refractivity contribution >= 4 is 16.9 Å². The number of nitrogens with two attached hydrogens (primary N) is 1. The van der Waals surface area contributed by atoms with Crippen LogP contribution in [0, 0.1) is 5.82 Å². The molecule has 4 aromatic rings. The zero-order valence-electron chi connectivity index (χ0n) is 18.6. The number of halogens is 4. The molecule has 5 nitrogen and oxygen atoms in total. The molecule has 0 spiro atoms. The van der Waals surface area contributed by atoms with E-state index in [2.05, 4.69) is 0 Å². The number of hydrogen-bond acceptors (Lipinski definition) is 5. The molecule has 2 N–H and O–H groups in total. The molecule has 0 saturated heterocycles. The van der Waals surface area contributed by atoms with Crippen molar-refractivity contribution in [1.82, 2.24) is 0 Å². The average Bonchev–Trinajstić information content (AvgIpc) is 3.28. The van der Waals surface area contributed by atoms with Crippen LogP contribution in [0.1, 0.15) is 22.5 Å². The number of alkyl halides is 3. The average molecular weight is 487 g/mol. The third-order valence-corrected chi connectivity index (χ3v) is 5.47. The summed E-state index contributed by atoms with van der Waals surface area (Å²) in [5.74, 6) is -1.86. The number of esters is 1. The smallest absolute Gasteiger partial charge is 0.449 e. The Hall–Kier alpha value is -3.85. The predicted molar refractivity (Wildman–Crippen MR) is 121 cm³/mol. The van der Waals surface area contributed by atoms with Gasteiger partial charge >= 0.3 is 12.1 Å². The molecular weight excluding hydrogens is 466 g/mol. The Morgan fingerprint density at radius 2 is 1.74 bits per heavy atom.